The van der Waals surface area contributed by atoms with Gasteiger partial charge in [0.2, 0.25) is 5.91 Å². The van der Waals surface area contributed by atoms with Crippen LogP contribution in [0.15, 0.2) is 18.3 Å². The fourth-order valence-electron chi connectivity index (χ4n) is 1.47. The van der Waals surface area contributed by atoms with E-state index in [0.717, 1.165) is 5.69 Å². The van der Waals surface area contributed by atoms with E-state index in [2.05, 4.69) is 24.9 Å². The highest BCUT2D eigenvalue weighted by Gasteiger charge is 2.07. The quantitative estimate of drug-likeness (QED) is 0.781. The molecule has 0 fully saturated rings. The molecule has 0 bridgehead atoms. The lowest BCUT2D eigenvalue weighted by Crippen LogP contribution is -2.25. The number of carbonyl (C=O) groups excluding carboxylic acids is 1. The SMILES string of the molecule is CCC(=O)N(C)Cc1ccc(C(C)C)cn1. The molecule has 0 aliphatic heterocycles. The first-order chi connectivity index (χ1) is 7.54. The van der Waals surface area contributed by atoms with Crippen LogP contribution in [-0.4, -0.2) is 22.8 Å². The summed E-state index contributed by atoms with van der Waals surface area (Å²) in [7, 11) is 1.81. The van der Waals surface area contributed by atoms with Gasteiger partial charge in [0.1, 0.15) is 0 Å². The van der Waals surface area contributed by atoms with Crippen molar-refractivity contribution >= 4 is 5.91 Å². The Bertz CT molecular complexity index is 343. The van der Waals surface area contributed by atoms with E-state index in [0.29, 0.717) is 18.9 Å². The number of hydrogen-bond donors (Lipinski definition) is 0. The molecule has 0 aromatic carbocycles. The van der Waals surface area contributed by atoms with Gasteiger partial charge in [-0.25, -0.2) is 0 Å². The normalized spacial score (nSPS) is 10.6. The Morgan fingerprint density at radius 1 is 1.44 bits per heavy atom. The largest absolute Gasteiger partial charge is 0.340 e. The number of aromatic nitrogens is 1. The van der Waals surface area contributed by atoms with Crippen LogP contribution < -0.4 is 0 Å². The van der Waals surface area contributed by atoms with Gasteiger partial charge in [0, 0.05) is 19.7 Å². The third-order valence-corrected chi connectivity index (χ3v) is 2.64. The van der Waals surface area contributed by atoms with Crippen molar-refractivity contribution in [3.63, 3.8) is 0 Å². The summed E-state index contributed by atoms with van der Waals surface area (Å²) in [6, 6.07) is 4.08. The van der Waals surface area contributed by atoms with Crippen LogP contribution in [0.2, 0.25) is 0 Å². The minimum absolute atomic E-state index is 0.148. The van der Waals surface area contributed by atoms with E-state index in [9.17, 15) is 4.79 Å². The van der Waals surface area contributed by atoms with Crippen LogP contribution in [0.5, 0.6) is 0 Å². The number of rotatable bonds is 4. The highest BCUT2D eigenvalue weighted by atomic mass is 16.2. The predicted octanol–water partition coefficient (Wildman–Crippen LogP) is 2.57. The van der Waals surface area contributed by atoms with Crippen molar-refractivity contribution in [3.05, 3.63) is 29.6 Å². The predicted molar refractivity (Wildman–Crippen MR) is 65.1 cm³/mol. The van der Waals surface area contributed by atoms with Gasteiger partial charge in [-0.2, -0.15) is 0 Å². The maximum atomic E-state index is 11.4. The Labute approximate surface area is 97.5 Å². The fraction of sp³-hybridized carbons (Fsp3) is 0.538. The van der Waals surface area contributed by atoms with Crippen LogP contribution in [0.4, 0.5) is 0 Å². The number of nitrogens with zero attached hydrogens (tertiary/aromatic N) is 2. The highest BCUT2D eigenvalue weighted by Crippen LogP contribution is 2.13. The molecule has 88 valence electrons. The van der Waals surface area contributed by atoms with Crippen molar-refractivity contribution in [2.24, 2.45) is 0 Å². The van der Waals surface area contributed by atoms with Gasteiger partial charge in [0.15, 0.2) is 0 Å². The zero-order valence-corrected chi connectivity index (χ0v) is 10.5. The molecule has 3 heteroatoms. The summed E-state index contributed by atoms with van der Waals surface area (Å²) in [5.74, 6) is 0.645. The van der Waals surface area contributed by atoms with Crippen LogP contribution in [0.1, 0.15) is 44.4 Å². The summed E-state index contributed by atoms with van der Waals surface area (Å²) in [5, 5.41) is 0. The lowest BCUT2D eigenvalue weighted by Gasteiger charge is -2.16. The Kier molecular flexibility index (Phi) is 4.47. The molecule has 1 amide bonds. The van der Waals surface area contributed by atoms with Crippen LogP contribution in [-0.2, 0) is 11.3 Å². The Balaban J connectivity index is 2.65. The maximum Gasteiger partial charge on any atom is 0.222 e. The van der Waals surface area contributed by atoms with E-state index >= 15 is 0 Å². The lowest BCUT2D eigenvalue weighted by atomic mass is 10.1. The lowest BCUT2D eigenvalue weighted by molar-refractivity contribution is -0.130. The molecule has 0 unspecified atom stereocenters. The molecular formula is C13H20N2O. The summed E-state index contributed by atoms with van der Waals surface area (Å²) < 4.78 is 0. The Morgan fingerprint density at radius 3 is 2.56 bits per heavy atom. The zero-order chi connectivity index (χ0) is 12.1. The second-order valence-electron chi connectivity index (χ2n) is 4.34. The van der Waals surface area contributed by atoms with E-state index in [-0.39, 0.29) is 5.91 Å². The number of amides is 1. The van der Waals surface area contributed by atoms with Gasteiger partial charge < -0.3 is 4.90 Å². The molecule has 16 heavy (non-hydrogen) atoms. The summed E-state index contributed by atoms with van der Waals surface area (Å²) in [4.78, 5) is 17.5. The molecule has 1 rings (SSSR count). The van der Waals surface area contributed by atoms with Gasteiger partial charge >= 0.3 is 0 Å². The Morgan fingerprint density at radius 2 is 2.12 bits per heavy atom. The minimum atomic E-state index is 0.148. The fourth-order valence-corrected chi connectivity index (χ4v) is 1.47. The molecule has 1 aromatic rings. The second kappa shape index (κ2) is 5.64. The molecular weight excluding hydrogens is 200 g/mol. The van der Waals surface area contributed by atoms with Gasteiger partial charge in [-0.1, -0.05) is 26.8 Å². The zero-order valence-electron chi connectivity index (χ0n) is 10.5. The molecule has 0 saturated carbocycles. The summed E-state index contributed by atoms with van der Waals surface area (Å²) >= 11 is 0. The molecule has 0 N–H and O–H groups in total. The molecule has 0 aliphatic carbocycles. The average Bonchev–Trinajstić information content (AvgIpc) is 2.28. The molecule has 0 saturated heterocycles. The molecule has 1 aromatic heterocycles. The summed E-state index contributed by atoms with van der Waals surface area (Å²) in [6.07, 6.45) is 2.44. The van der Waals surface area contributed by atoms with Gasteiger partial charge in [-0.3, -0.25) is 9.78 Å². The number of pyridine rings is 1. The number of carbonyl (C=O) groups is 1. The van der Waals surface area contributed by atoms with Crippen molar-refractivity contribution in [2.45, 2.75) is 39.7 Å². The van der Waals surface area contributed by atoms with E-state index in [1.165, 1.54) is 5.56 Å². The van der Waals surface area contributed by atoms with Crippen molar-refractivity contribution in [1.29, 1.82) is 0 Å². The minimum Gasteiger partial charge on any atom is -0.340 e. The molecule has 0 spiro atoms. The first kappa shape index (κ1) is 12.7. The molecule has 1 heterocycles. The molecule has 3 nitrogen and oxygen atoms in total. The third kappa shape index (κ3) is 3.33. The van der Waals surface area contributed by atoms with Gasteiger partial charge in [0.05, 0.1) is 12.2 Å². The summed E-state index contributed by atoms with van der Waals surface area (Å²) in [6.45, 7) is 6.74. The second-order valence-corrected chi connectivity index (χ2v) is 4.34. The highest BCUT2D eigenvalue weighted by molar-refractivity contribution is 5.75. The average molecular weight is 220 g/mol. The van der Waals surface area contributed by atoms with Crippen molar-refractivity contribution in [1.82, 2.24) is 9.88 Å². The monoisotopic (exact) mass is 220 g/mol. The smallest absolute Gasteiger partial charge is 0.222 e. The van der Waals surface area contributed by atoms with Crippen LogP contribution in [0, 0.1) is 0 Å². The van der Waals surface area contributed by atoms with E-state index in [1.54, 1.807) is 4.90 Å². The van der Waals surface area contributed by atoms with Gasteiger partial charge in [-0.15, -0.1) is 0 Å². The molecule has 0 aliphatic rings. The van der Waals surface area contributed by atoms with E-state index in [4.69, 9.17) is 0 Å². The van der Waals surface area contributed by atoms with Crippen LogP contribution in [0.25, 0.3) is 0 Å². The first-order valence-corrected chi connectivity index (χ1v) is 5.73. The van der Waals surface area contributed by atoms with E-state index in [1.807, 2.05) is 26.2 Å². The van der Waals surface area contributed by atoms with Crippen molar-refractivity contribution in [3.8, 4) is 0 Å². The van der Waals surface area contributed by atoms with Crippen LogP contribution in [0.3, 0.4) is 0 Å². The Hall–Kier alpha value is -1.38. The van der Waals surface area contributed by atoms with Gasteiger partial charge in [0.25, 0.3) is 0 Å². The standard InChI is InChI=1S/C13H20N2O/c1-5-13(16)15(4)9-12-7-6-11(8-14-12)10(2)3/h6-8,10H,5,9H2,1-4H3. The molecule has 0 atom stereocenters. The third-order valence-electron chi connectivity index (χ3n) is 2.64. The van der Waals surface area contributed by atoms with Crippen molar-refractivity contribution in [2.75, 3.05) is 7.05 Å². The first-order valence-electron chi connectivity index (χ1n) is 5.73. The van der Waals surface area contributed by atoms with Gasteiger partial charge in [-0.05, 0) is 17.5 Å². The van der Waals surface area contributed by atoms with E-state index < -0.39 is 0 Å². The topological polar surface area (TPSA) is 33.2 Å². The maximum absolute atomic E-state index is 11.4. The number of hydrogen-bond acceptors (Lipinski definition) is 2. The van der Waals surface area contributed by atoms with Crippen LogP contribution >= 0.6 is 0 Å². The molecule has 0 radical (unpaired) electrons. The summed E-state index contributed by atoms with van der Waals surface area (Å²) in [5.41, 5.74) is 2.17. The van der Waals surface area contributed by atoms with Crippen molar-refractivity contribution < 1.29 is 4.79 Å².